The van der Waals surface area contributed by atoms with Gasteiger partial charge in [-0.25, -0.2) is 18.6 Å². The van der Waals surface area contributed by atoms with Gasteiger partial charge >= 0.3 is 6.09 Å². The number of halogens is 2. The standard InChI is InChI=1S/C19H30F2N4O2S/c1-17(2,3)27-16(26)25-11-13(9-18(25,4)5)10-19(20,21)12-23-14-7-6-8-15(24-14)28-22/h6-8,13H,9-12,22H2,1-5H3,(H,23,24). The van der Waals surface area contributed by atoms with Crippen molar-refractivity contribution in [3.05, 3.63) is 18.2 Å². The van der Waals surface area contributed by atoms with Gasteiger partial charge in [-0.05, 0) is 71.0 Å². The van der Waals surface area contributed by atoms with Crippen molar-refractivity contribution in [2.45, 2.75) is 69.5 Å². The molecule has 3 N–H and O–H groups in total. The van der Waals surface area contributed by atoms with Crippen LogP contribution in [0.4, 0.5) is 19.4 Å². The molecule has 2 rings (SSSR count). The fourth-order valence-electron chi connectivity index (χ4n) is 3.46. The molecule has 0 saturated carbocycles. The molecule has 0 spiro atoms. The zero-order valence-electron chi connectivity index (χ0n) is 17.1. The molecule has 1 amide bonds. The van der Waals surface area contributed by atoms with Crippen LogP contribution in [-0.4, -0.2) is 46.1 Å². The Balaban J connectivity index is 1.95. The fraction of sp³-hybridized carbons (Fsp3) is 0.684. The molecular formula is C19H30F2N4O2S. The third-order valence-electron chi connectivity index (χ3n) is 4.53. The van der Waals surface area contributed by atoms with Crippen molar-refractivity contribution < 1.29 is 18.3 Å². The third kappa shape index (κ3) is 6.48. The van der Waals surface area contributed by atoms with Gasteiger partial charge in [-0.2, -0.15) is 0 Å². The molecule has 0 aromatic carbocycles. The number of alkyl halides is 2. The van der Waals surface area contributed by atoms with E-state index in [2.05, 4.69) is 10.3 Å². The van der Waals surface area contributed by atoms with Gasteiger partial charge in [0.05, 0.1) is 6.54 Å². The number of likely N-dealkylation sites (tertiary alicyclic amines) is 1. The third-order valence-corrected chi connectivity index (χ3v) is 5.00. The number of rotatable bonds is 6. The van der Waals surface area contributed by atoms with E-state index in [1.807, 2.05) is 13.8 Å². The predicted molar refractivity (Wildman–Crippen MR) is 107 cm³/mol. The second-order valence-corrected chi connectivity index (χ2v) is 9.52. The summed E-state index contributed by atoms with van der Waals surface area (Å²) in [6.45, 7) is 8.87. The van der Waals surface area contributed by atoms with Crippen LogP contribution in [0.25, 0.3) is 0 Å². The van der Waals surface area contributed by atoms with Crippen LogP contribution in [0.3, 0.4) is 0 Å². The number of ether oxygens (including phenoxy) is 1. The first-order chi connectivity index (χ1) is 12.8. The van der Waals surface area contributed by atoms with Crippen LogP contribution in [0, 0.1) is 5.92 Å². The van der Waals surface area contributed by atoms with Crippen molar-refractivity contribution in [1.29, 1.82) is 0 Å². The van der Waals surface area contributed by atoms with Crippen molar-refractivity contribution >= 4 is 23.9 Å². The number of hydrogen-bond acceptors (Lipinski definition) is 6. The van der Waals surface area contributed by atoms with E-state index in [4.69, 9.17) is 9.88 Å². The summed E-state index contributed by atoms with van der Waals surface area (Å²) in [6.07, 6.45) is -0.269. The van der Waals surface area contributed by atoms with Crippen molar-refractivity contribution in [2.24, 2.45) is 11.1 Å². The zero-order valence-corrected chi connectivity index (χ0v) is 17.9. The summed E-state index contributed by atoms with van der Waals surface area (Å²) in [5.74, 6) is -2.88. The van der Waals surface area contributed by atoms with Crippen LogP contribution in [0.15, 0.2) is 23.2 Å². The van der Waals surface area contributed by atoms with Gasteiger partial charge in [0.15, 0.2) is 0 Å². The molecule has 2 heterocycles. The van der Waals surface area contributed by atoms with Crippen molar-refractivity contribution in [1.82, 2.24) is 9.88 Å². The summed E-state index contributed by atoms with van der Waals surface area (Å²) in [7, 11) is 0. The summed E-state index contributed by atoms with van der Waals surface area (Å²) in [4.78, 5) is 18.2. The minimum atomic E-state index is -2.93. The average molecular weight is 417 g/mol. The summed E-state index contributed by atoms with van der Waals surface area (Å²) in [5, 5.41) is 8.69. The highest BCUT2D eigenvalue weighted by atomic mass is 32.2. The largest absolute Gasteiger partial charge is 0.444 e. The molecule has 9 heteroatoms. The quantitative estimate of drug-likeness (QED) is 0.664. The lowest BCUT2D eigenvalue weighted by Gasteiger charge is -2.33. The van der Waals surface area contributed by atoms with Gasteiger partial charge in [0, 0.05) is 18.5 Å². The van der Waals surface area contributed by atoms with Gasteiger partial charge in [-0.15, -0.1) is 0 Å². The molecule has 0 bridgehead atoms. The molecule has 1 unspecified atom stereocenters. The van der Waals surface area contributed by atoms with Gasteiger partial charge in [0.1, 0.15) is 16.4 Å². The molecule has 1 aliphatic rings. The molecule has 158 valence electrons. The Labute approximate surface area is 169 Å². The van der Waals surface area contributed by atoms with E-state index in [0.717, 1.165) is 11.9 Å². The molecule has 1 aromatic rings. The van der Waals surface area contributed by atoms with Crippen LogP contribution in [0.2, 0.25) is 0 Å². The van der Waals surface area contributed by atoms with E-state index in [1.165, 1.54) is 0 Å². The number of pyridine rings is 1. The lowest BCUT2D eigenvalue weighted by Crippen LogP contribution is -2.45. The van der Waals surface area contributed by atoms with Crippen molar-refractivity contribution in [3.8, 4) is 0 Å². The Kier molecular flexibility index (Phi) is 6.81. The Morgan fingerprint density at radius 3 is 2.71 bits per heavy atom. The molecule has 6 nitrogen and oxygen atoms in total. The van der Waals surface area contributed by atoms with Gasteiger partial charge in [-0.1, -0.05) is 6.07 Å². The Hall–Kier alpha value is -1.61. The molecule has 0 radical (unpaired) electrons. The number of amides is 1. The maximum atomic E-state index is 14.5. The SMILES string of the molecule is CC(C)(C)OC(=O)N1CC(CC(F)(F)CNc2cccc(SN)n2)CC1(C)C. The minimum Gasteiger partial charge on any atom is -0.444 e. The minimum absolute atomic E-state index is 0.259. The average Bonchev–Trinajstić information content (AvgIpc) is 2.85. The molecule has 1 atom stereocenters. The van der Waals surface area contributed by atoms with Crippen LogP contribution in [0.5, 0.6) is 0 Å². The Bertz CT molecular complexity index is 695. The van der Waals surface area contributed by atoms with Gasteiger partial charge in [0.25, 0.3) is 5.92 Å². The van der Waals surface area contributed by atoms with E-state index in [9.17, 15) is 13.6 Å². The first kappa shape index (κ1) is 22.7. The Morgan fingerprint density at radius 1 is 1.43 bits per heavy atom. The first-order valence-electron chi connectivity index (χ1n) is 9.27. The lowest BCUT2D eigenvalue weighted by molar-refractivity contribution is -0.00995. The molecule has 28 heavy (non-hydrogen) atoms. The molecule has 1 aromatic heterocycles. The first-order valence-corrected chi connectivity index (χ1v) is 10.2. The highest BCUT2D eigenvalue weighted by Gasteiger charge is 2.46. The number of hydrogen-bond donors (Lipinski definition) is 2. The molecule has 1 saturated heterocycles. The molecule has 1 fully saturated rings. The Morgan fingerprint density at radius 2 is 2.11 bits per heavy atom. The molecule has 0 aliphatic carbocycles. The lowest BCUT2D eigenvalue weighted by atomic mass is 9.92. The zero-order chi connectivity index (χ0) is 21.2. The summed E-state index contributed by atoms with van der Waals surface area (Å²) in [5.41, 5.74) is -1.15. The van der Waals surface area contributed by atoms with Crippen LogP contribution in [-0.2, 0) is 4.74 Å². The summed E-state index contributed by atoms with van der Waals surface area (Å²) in [6, 6.07) is 5.04. The predicted octanol–water partition coefficient (Wildman–Crippen LogP) is 4.52. The van der Waals surface area contributed by atoms with E-state index in [0.29, 0.717) is 17.3 Å². The van der Waals surface area contributed by atoms with Crippen LogP contribution < -0.4 is 10.5 Å². The van der Waals surface area contributed by atoms with E-state index in [-0.39, 0.29) is 18.9 Å². The number of carbonyl (C=O) groups is 1. The topological polar surface area (TPSA) is 80.5 Å². The maximum Gasteiger partial charge on any atom is 0.410 e. The molecular weight excluding hydrogens is 386 g/mol. The van der Waals surface area contributed by atoms with E-state index >= 15 is 0 Å². The molecule has 1 aliphatic heterocycles. The second kappa shape index (κ2) is 8.41. The van der Waals surface area contributed by atoms with Crippen LogP contribution >= 0.6 is 11.9 Å². The smallest absolute Gasteiger partial charge is 0.410 e. The number of nitrogens with zero attached hydrogens (tertiary/aromatic N) is 2. The fourth-order valence-corrected chi connectivity index (χ4v) is 3.76. The van der Waals surface area contributed by atoms with Crippen molar-refractivity contribution in [3.63, 3.8) is 0 Å². The summed E-state index contributed by atoms with van der Waals surface area (Å²) < 4.78 is 34.5. The second-order valence-electron chi connectivity index (χ2n) is 8.87. The summed E-state index contributed by atoms with van der Waals surface area (Å²) >= 11 is 0.961. The van der Waals surface area contributed by atoms with E-state index < -0.39 is 29.7 Å². The van der Waals surface area contributed by atoms with E-state index in [1.54, 1.807) is 43.9 Å². The number of anilines is 1. The van der Waals surface area contributed by atoms with Gasteiger partial charge in [0.2, 0.25) is 0 Å². The maximum absolute atomic E-state index is 14.5. The highest BCUT2D eigenvalue weighted by molar-refractivity contribution is 7.97. The number of nitrogens with two attached hydrogens (primary N) is 1. The number of aromatic nitrogens is 1. The van der Waals surface area contributed by atoms with Gasteiger partial charge in [-0.3, -0.25) is 5.14 Å². The number of carbonyl (C=O) groups excluding carboxylic acids is 1. The highest BCUT2D eigenvalue weighted by Crippen LogP contribution is 2.39. The van der Waals surface area contributed by atoms with Crippen molar-refractivity contribution in [2.75, 3.05) is 18.4 Å². The van der Waals surface area contributed by atoms with Crippen LogP contribution in [0.1, 0.15) is 47.5 Å². The normalized spacial score (nSPS) is 19.6. The monoisotopic (exact) mass is 416 g/mol. The van der Waals surface area contributed by atoms with Gasteiger partial charge < -0.3 is 15.0 Å². The number of nitrogens with one attached hydrogen (secondary N) is 1.